The maximum Gasteiger partial charge on any atom is 0.460 e. The highest BCUT2D eigenvalue weighted by Crippen LogP contribution is 2.55. The smallest absolute Gasteiger partial charge is 0.460 e. The van der Waals surface area contributed by atoms with Gasteiger partial charge in [-0.2, -0.15) is 39.5 Å². The zero-order chi connectivity index (χ0) is 28.3. The second kappa shape index (κ2) is 11.1. The van der Waals surface area contributed by atoms with E-state index in [-0.39, 0.29) is 11.8 Å². The van der Waals surface area contributed by atoms with Gasteiger partial charge in [0, 0.05) is 6.42 Å². The Morgan fingerprint density at radius 3 is 1.54 bits per heavy atom. The number of esters is 1. The molecule has 0 saturated heterocycles. The maximum absolute atomic E-state index is 14.0. The molecule has 0 aliphatic heterocycles. The molecule has 2 nitrogen and oxygen atoms in total. The molecule has 0 aromatic carbocycles. The monoisotopic (exact) mass is 530 g/mol. The fraction of sp³-hybridized carbons (Fsp3) is 0.958. The summed E-state index contributed by atoms with van der Waals surface area (Å²) in [6, 6.07) is 0. The van der Waals surface area contributed by atoms with Gasteiger partial charge in [-0.1, -0.05) is 54.9 Å². The van der Waals surface area contributed by atoms with Gasteiger partial charge in [0.15, 0.2) is 0 Å². The third-order valence-corrected chi connectivity index (χ3v) is 7.85. The lowest BCUT2D eigenvalue weighted by molar-refractivity contribution is -0.397. The van der Waals surface area contributed by atoms with Gasteiger partial charge in [0.2, 0.25) is 0 Å². The lowest BCUT2D eigenvalue weighted by Gasteiger charge is -2.48. The van der Waals surface area contributed by atoms with Crippen molar-refractivity contribution in [3.8, 4) is 0 Å². The van der Waals surface area contributed by atoms with E-state index in [1.807, 2.05) is 41.5 Å². The van der Waals surface area contributed by atoms with Crippen molar-refractivity contribution in [1.82, 2.24) is 0 Å². The predicted molar refractivity (Wildman–Crippen MR) is 116 cm³/mol. The minimum Gasteiger partial charge on any atom is -0.462 e. The van der Waals surface area contributed by atoms with E-state index in [0.717, 1.165) is 0 Å². The molecule has 0 amide bonds. The Balaban J connectivity index is 5.90. The van der Waals surface area contributed by atoms with Crippen molar-refractivity contribution in [3.05, 3.63) is 0 Å². The minimum absolute atomic E-state index is 0.120. The van der Waals surface area contributed by atoms with E-state index in [1.54, 1.807) is 6.92 Å². The molecule has 210 valence electrons. The Morgan fingerprint density at radius 1 is 0.743 bits per heavy atom. The van der Waals surface area contributed by atoms with Crippen LogP contribution in [0.5, 0.6) is 0 Å². The minimum atomic E-state index is -6.93. The van der Waals surface area contributed by atoms with Crippen LogP contribution >= 0.6 is 0 Å². The van der Waals surface area contributed by atoms with E-state index in [2.05, 4.69) is 0 Å². The Morgan fingerprint density at radius 2 is 1.20 bits per heavy atom. The molecule has 35 heavy (non-hydrogen) atoms. The summed E-state index contributed by atoms with van der Waals surface area (Å²) < 4.78 is 124. The van der Waals surface area contributed by atoms with Gasteiger partial charge < -0.3 is 4.74 Å². The molecular weight excluding hydrogens is 491 g/mol. The summed E-state index contributed by atoms with van der Waals surface area (Å²) >= 11 is 0. The summed E-state index contributed by atoms with van der Waals surface area (Å²) in [7, 11) is 0. The Hall–Kier alpha value is -1.16. The summed E-state index contributed by atoms with van der Waals surface area (Å²) in [5.74, 6) is -20.0. The average Bonchev–Trinajstić information content (AvgIpc) is 2.74. The van der Waals surface area contributed by atoms with Crippen molar-refractivity contribution in [2.24, 2.45) is 16.2 Å². The molecule has 2 unspecified atom stereocenters. The van der Waals surface area contributed by atoms with Crippen molar-refractivity contribution in [2.75, 3.05) is 0 Å². The van der Waals surface area contributed by atoms with E-state index in [1.165, 1.54) is 6.92 Å². The van der Waals surface area contributed by atoms with Crippen LogP contribution in [0.1, 0.15) is 100 Å². The fourth-order valence-electron chi connectivity index (χ4n) is 4.18. The molecule has 0 aliphatic carbocycles. The zero-order valence-corrected chi connectivity index (χ0v) is 21.7. The topological polar surface area (TPSA) is 26.3 Å². The third-order valence-electron chi connectivity index (χ3n) is 7.85. The van der Waals surface area contributed by atoms with Crippen LogP contribution < -0.4 is 0 Å². The molecule has 0 aliphatic rings. The van der Waals surface area contributed by atoms with Gasteiger partial charge in [-0.05, 0) is 49.9 Å². The second-order valence-corrected chi connectivity index (χ2v) is 10.6. The predicted octanol–water partition coefficient (Wildman–Crippen LogP) is 9.22. The molecular formula is C24H39F9O2. The van der Waals surface area contributed by atoms with Crippen molar-refractivity contribution in [3.63, 3.8) is 0 Å². The van der Waals surface area contributed by atoms with Crippen LogP contribution in [0.15, 0.2) is 0 Å². The SMILES string of the molecule is CCC(CCC(F)(F)C(F)(F)C(F)(F)C(F)(F)F)OC(=O)C(C)(CC(C)(C)CC)C(C)(CC)CC. The molecule has 0 radical (unpaired) electrons. The number of alkyl halides is 9. The van der Waals surface area contributed by atoms with Crippen LogP contribution in [0.4, 0.5) is 39.5 Å². The normalized spacial score (nSPS) is 17.2. The second-order valence-electron chi connectivity index (χ2n) is 10.6. The van der Waals surface area contributed by atoms with Crippen LogP contribution in [0, 0.1) is 16.2 Å². The molecule has 0 spiro atoms. The number of ether oxygens (including phenoxy) is 1. The number of halogens is 9. The van der Waals surface area contributed by atoms with Gasteiger partial charge in [-0.25, -0.2) is 0 Å². The largest absolute Gasteiger partial charge is 0.462 e. The molecule has 0 aromatic rings. The highest BCUT2D eigenvalue weighted by Gasteiger charge is 2.81. The molecule has 0 heterocycles. The molecule has 0 aromatic heterocycles. The summed E-state index contributed by atoms with van der Waals surface area (Å²) in [4.78, 5) is 13.4. The first-order valence-corrected chi connectivity index (χ1v) is 11.9. The Labute approximate surface area is 202 Å². The molecule has 0 saturated carbocycles. The van der Waals surface area contributed by atoms with Crippen molar-refractivity contribution < 1.29 is 49.0 Å². The summed E-state index contributed by atoms with van der Waals surface area (Å²) in [5.41, 5.74) is -1.97. The van der Waals surface area contributed by atoms with Gasteiger partial charge in [0.1, 0.15) is 6.10 Å². The van der Waals surface area contributed by atoms with E-state index in [4.69, 9.17) is 4.74 Å². The average molecular weight is 531 g/mol. The zero-order valence-electron chi connectivity index (χ0n) is 21.7. The first-order valence-electron chi connectivity index (χ1n) is 11.9. The number of rotatable bonds is 14. The Kier molecular flexibility index (Phi) is 10.7. The molecule has 0 N–H and O–H groups in total. The van der Waals surface area contributed by atoms with E-state index in [9.17, 15) is 44.3 Å². The van der Waals surface area contributed by atoms with Gasteiger partial charge in [-0.15, -0.1) is 0 Å². The molecule has 0 fully saturated rings. The highest BCUT2D eigenvalue weighted by atomic mass is 19.4. The van der Waals surface area contributed by atoms with Crippen LogP contribution in [0.3, 0.4) is 0 Å². The standard InChI is InChI=1S/C24H39F9O2/c1-9-16(13-14-21(25,26)22(27,28)23(29,30)24(31,32)33)35-17(34)20(8,15-18(5,6)10-2)19(7,11-3)12-4/h16H,9-15H2,1-8H3. The number of hydrogen-bond acceptors (Lipinski definition) is 2. The van der Waals surface area contributed by atoms with Gasteiger partial charge >= 0.3 is 29.9 Å². The lowest BCUT2D eigenvalue weighted by atomic mass is 9.57. The van der Waals surface area contributed by atoms with Crippen LogP contribution in [-0.4, -0.2) is 36.0 Å². The summed E-state index contributed by atoms with van der Waals surface area (Å²) in [5, 5.41) is 0. The molecule has 0 rings (SSSR count). The number of hydrogen-bond donors (Lipinski definition) is 0. The van der Waals surface area contributed by atoms with Crippen LogP contribution in [0.2, 0.25) is 0 Å². The Bertz CT molecular complexity index is 698. The third kappa shape index (κ3) is 6.79. The molecule has 11 heteroatoms. The number of carbonyl (C=O) groups excluding carboxylic acids is 1. The van der Waals surface area contributed by atoms with Gasteiger partial charge in [0.05, 0.1) is 5.41 Å². The quantitative estimate of drug-likeness (QED) is 0.165. The van der Waals surface area contributed by atoms with E-state index >= 15 is 0 Å². The first kappa shape index (κ1) is 33.8. The van der Waals surface area contributed by atoms with Crippen molar-refractivity contribution in [1.29, 1.82) is 0 Å². The number of carbonyl (C=O) groups is 1. The van der Waals surface area contributed by atoms with Gasteiger partial charge in [0.25, 0.3) is 0 Å². The fourth-order valence-corrected chi connectivity index (χ4v) is 4.18. The molecule has 0 bridgehead atoms. The summed E-state index contributed by atoms with van der Waals surface area (Å²) in [6.45, 7) is 14.6. The lowest BCUT2D eigenvalue weighted by Crippen LogP contribution is -2.60. The van der Waals surface area contributed by atoms with E-state index < -0.39 is 59.7 Å². The summed E-state index contributed by atoms with van der Waals surface area (Å²) in [6.07, 6.45) is -9.16. The van der Waals surface area contributed by atoms with Crippen molar-refractivity contribution >= 4 is 5.97 Å². The molecule has 2 atom stereocenters. The maximum atomic E-state index is 14.0. The van der Waals surface area contributed by atoms with Gasteiger partial charge in [-0.3, -0.25) is 4.79 Å². The first-order chi connectivity index (χ1) is 15.4. The van der Waals surface area contributed by atoms with Crippen LogP contribution in [-0.2, 0) is 9.53 Å². The van der Waals surface area contributed by atoms with Crippen molar-refractivity contribution in [2.45, 2.75) is 130 Å². The van der Waals surface area contributed by atoms with Crippen LogP contribution in [0.25, 0.3) is 0 Å². The highest BCUT2D eigenvalue weighted by molar-refractivity contribution is 5.77. The van der Waals surface area contributed by atoms with E-state index in [0.29, 0.717) is 25.7 Å².